The molecule has 0 N–H and O–H groups in total. The Hall–Kier alpha value is -0.350. The molecule has 1 atom stereocenters. The molecule has 0 radical (unpaired) electrons. The van der Waals surface area contributed by atoms with E-state index in [0.29, 0.717) is 0 Å². The van der Waals surface area contributed by atoms with E-state index in [1.807, 2.05) is 11.4 Å². The van der Waals surface area contributed by atoms with Crippen molar-refractivity contribution in [2.75, 3.05) is 13.7 Å². The SMILES string of the molecule is COCCc1ccc(C(Cl)c2sccc2Br)cc1. The molecule has 18 heavy (non-hydrogen) atoms. The molecule has 0 amide bonds. The molecule has 0 aliphatic rings. The van der Waals surface area contributed by atoms with E-state index >= 15 is 0 Å². The summed E-state index contributed by atoms with van der Waals surface area (Å²) in [4.78, 5) is 1.15. The smallest absolute Gasteiger partial charge is 0.0939 e. The van der Waals surface area contributed by atoms with E-state index in [1.165, 1.54) is 5.56 Å². The fourth-order valence-corrected chi connectivity index (χ4v) is 3.86. The molecule has 0 saturated heterocycles. The van der Waals surface area contributed by atoms with Crippen LogP contribution in [-0.2, 0) is 11.2 Å². The van der Waals surface area contributed by atoms with Crippen molar-refractivity contribution in [3.8, 4) is 0 Å². The van der Waals surface area contributed by atoms with Gasteiger partial charge in [-0.2, -0.15) is 0 Å². The van der Waals surface area contributed by atoms with Gasteiger partial charge in [0, 0.05) is 16.5 Å². The van der Waals surface area contributed by atoms with Crippen LogP contribution in [0.15, 0.2) is 40.2 Å². The van der Waals surface area contributed by atoms with Crippen molar-refractivity contribution in [1.82, 2.24) is 0 Å². The molecule has 0 aliphatic carbocycles. The minimum absolute atomic E-state index is 0.0872. The minimum Gasteiger partial charge on any atom is -0.384 e. The predicted molar refractivity (Wildman–Crippen MR) is 81.7 cm³/mol. The van der Waals surface area contributed by atoms with Crippen LogP contribution in [0.25, 0.3) is 0 Å². The zero-order chi connectivity index (χ0) is 13.0. The molecule has 2 rings (SSSR count). The Balaban J connectivity index is 2.12. The minimum atomic E-state index is -0.0872. The third-order valence-corrected chi connectivity index (χ3v) is 5.28. The van der Waals surface area contributed by atoms with Gasteiger partial charge in [0.25, 0.3) is 0 Å². The lowest BCUT2D eigenvalue weighted by Crippen LogP contribution is -1.96. The molecule has 1 heterocycles. The van der Waals surface area contributed by atoms with Gasteiger partial charge in [-0.05, 0) is 44.9 Å². The van der Waals surface area contributed by atoms with Crippen molar-refractivity contribution in [2.24, 2.45) is 0 Å². The van der Waals surface area contributed by atoms with Gasteiger partial charge in [0.05, 0.1) is 12.0 Å². The summed E-state index contributed by atoms with van der Waals surface area (Å²) in [6.45, 7) is 0.750. The first kappa shape index (κ1) is 14.1. The molecule has 96 valence electrons. The maximum absolute atomic E-state index is 6.49. The van der Waals surface area contributed by atoms with E-state index in [1.54, 1.807) is 18.4 Å². The van der Waals surface area contributed by atoms with Gasteiger partial charge in [-0.25, -0.2) is 0 Å². The molecule has 1 nitrogen and oxygen atoms in total. The fourth-order valence-electron chi connectivity index (χ4n) is 1.71. The fraction of sp³-hybridized carbons (Fsp3) is 0.286. The maximum atomic E-state index is 6.49. The maximum Gasteiger partial charge on any atom is 0.0939 e. The van der Waals surface area contributed by atoms with Gasteiger partial charge in [0.2, 0.25) is 0 Å². The number of alkyl halides is 1. The van der Waals surface area contributed by atoms with E-state index in [-0.39, 0.29) is 5.38 Å². The topological polar surface area (TPSA) is 9.23 Å². The van der Waals surface area contributed by atoms with Crippen molar-refractivity contribution >= 4 is 38.9 Å². The van der Waals surface area contributed by atoms with Gasteiger partial charge in [-0.15, -0.1) is 22.9 Å². The summed E-state index contributed by atoms with van der Waals surface area (Å²) in [7, 11) is 1.72. The molecule has 2 aromatic rings. The van der Waals surface area contributed by atoms with Gasteiger partial charge >= 0.3 is 0 Å². The first-order chi connectivity index (χ1) is 8.72. The van der Waals surface area contributed by atoms with Crippen LogP contribution in [0.4, 0.5) is 0 Å². The van der Waals surface area contributed by atoms with Crippen LogP contribution in [0.1, 0.15) is 21.4 Å². The summed E-state index contributed by atoms with van der Waals surface area (Å²) < 4.78 is 6.15. The highest BCUT2D eigenvalue weighted by molar-refractivity contribution is 9.10. The van der Waals surface area contributed by atoms with E-state index in [4.69, 9.17) is 16.3 Å². The summed E-state index contributed by atoms with van der Waals surface area (Å²) in [5.74, 6) is 0. The molecule has 0 saturated carbocycles. The molecular weight excluding hydrogens is 332 g/mol. The summed E-state index contributed by atoms with van der Waals surface area (Å²) in [6.07, 6.45) is 0.937. The lowest BCUT2D eigenvalue weighted by molar-refractivity contribution is 0.202. The highest BCUT2D eigenvalue weighted by atomic mass is 79.9. The third kappa shape index (κ3) is 3.35. The Morgan fingerprint density at radius 3 is 2.56 bits per heavy atom. The van der Waals surface area contributed by atoms with Crippen molar-refractivity contribution in [3.05, 3.63) is 56.2 Å². The number of methoxy groups -OCH3 is 1. The van der Waals surface area contributed by atoms with Gasteiger partial charge in [-0.1, -0.05) is 24.3 Å². The number of hydrogen-bond acceptors (Lipinski definition) is 2. The molecule has 0 fully saturated rings. The van der Waals surface area contributed by atoms with Crippen molar-refractivity contribution in [2.45, 2.75) is 11.8 Å². The second kappa shape index (κ2) is 6.71. The van der Waals surface area contributed by atoms with Crippen molar-refractivity contribution < 1.29 is 4.74 Å². The summed E-state index contributed by atoms with van der Waals surface area (Å²) >= 11 is 11.7. The molecule has 0 aliphatic heterocycles. The average molecular weight is 346 g/mol. The number of rotatable bonds is 5. The Labute approximate surface area is 125 Å². The standard InChI is InChI=1S/C14H14BrClOS/c1-17-8-6-10-2-4-11(5-3-10)13(16)14-12(15)7-9-18-14/h2-5,7,9,13H,6,8H2,1H3. The van der Waals surface area contributed by atoms with Gasteiger partial charge in [-0.3, -0.25) is 0 Å². The zero-order valence-electron chi connectivity index (χ0n) is 10.0. The van der Waals surface area contributed by atoms with E-state index < -0.39 is 0 Å². The predicted octanol–water partition coefficient (Wildman–Crippen LogP) is 5.03. The van der Waals surface area contributed by atoms with Crippen LogP contribution in [0.5, 0.6) is 0 Å². The largest absolute Gasteiger partial charge is 0.384 e. The second-order valence-corrected chi connectivity index (χ2v) is 6.22. The normalized spacial score (nSPS) is 12.6. The molecule has 0 bridgehead atoms. The molecule has 1 unspecified atom stereocenters. The second-order valence-electron chi connectivity index (χ2n) is 3.98. The van der Waals surface area contributed by atoms with E-state index in [0.717, 1.165) is 27.9 Å². The molecule has 4 heteroatoms. The number of ether oxygens (including phenoxy) is 1. The summed E-state index contributed by atoms with van der Waals surface area (Å²) in [5.41, 5.74) is 2.40. The first-order valence-corrected chi connectivity index (χ1v) is 7.78. The lowest BCUT2D eigenvalue weighted by Gasteiger charge is -2.10. The van der Waals surface area contributed by atoms with Crippen molar-refractivity contribution in [3.63, 3.8) is 0 Å². The van der Waals surface area contributed by atoms with Crippen LogP contribution in [0.2, 0.25) is 0 Å². The molecule has 1 aromatic heterocycles. The molecule has 0 spiro atoms. The lowest BCUT2D eigenvalue weighted by atomic mass is 10.1. The molecule has 1 aromatic carbocycles. The van der Waals surface area contributed by atoms with Gasteiger partial charge in [0.15, 0.2) is 0 Å². The van der Waals surface area contributed by atoms with Gasteiger partial charge in [0.1, 0.15) is 0 Å². The van der Waals surface area contributed by atoms with Crippen molar-refractivity contribution in [1.29, 1.82) is 0 Å². The quantitative estimate of drug-likeness (QED) is 0.691. The number of halogens is 2. The number of thiophene rings is 1. The zero-order valence-corrected chi connectivity index (χ0v) is 13.2. The monoisotopic (exact) mass is 344 g/mol. The van der Waals surface area contributed by atoms with E-state index in [9.17, 15) is 0 Å². The third-order valence-electron chi connectivity index (χ3n) is 2.74. The van der Waals surface area contributed by atoms with Crippen LogP contribution < -0.4 is 0 Å². The van der Waals surface area contributed by atoms with E-state index in [2.05, 4.69) is 40.2 Å². The van der Waals surface area contributed by atoms with Crippen LogP contribution in [0, 0.1) is 0 Å². The Bertz CT molecular complexity index is 495. The number of benzene rings is 1. The van der Waals surface area contributed by atoms with Crippen LogP contribution in [-0.4, -0.2) is 13.7 Å². The van der Waals surface area contributed by atoms with Gasteiger partial charge < -0.3 is 4.74 Å². The molecular formula is C14H14BrClOS. The Kier molecular flexibility index (Phi) is 5.25. The highest BCUT2D eigenvalue weighted by Crippen LogP contribution is 2.37. The highest BCUT2D eigenvalue weighted by Gasteiger charge is 2.15. The Morgan fingerprint density at radius 1 is 1.28 bits per heavy atom. The number of hydrogen-bond donors (Lipinski definition) is 0. The summed E-state index contributed by atoms with van der Waals surface area (Å²) in [6, 6.07) is 10.4. The first-order valence-electron chi connectivity index (χ1n) is 5.67. The van der Waals surface area contributed by atoms with Crippen LogP contribution >= 0.6 is 38.9 Å². The average Bonchev–Trinajstić information content (AvgIpc) is 2.82. The summed E-state index contributed by atoms with van der Waals surface area (Å²) in [5, 5.41) is 1.96. The Morgan fingerprint density at radius 2 is 2.00 bits per heavy atom. The van der Waals surface area contributed by atoms with Crippen LogP contribution in [0.3, 0.4) is 0 Å².